The molecule has 2 aromatic carbocycles. The minimum atomic E-state index is -0.873. The molecule has 0 unspecified atom stereocenters. The highest BCUT2D eigenvalue weighted by Gasteiger charge is 2.24. The molecule has 0 saturated heterocycles. The highest BCUT2D eigenvalue weighted by Crippen LogP contribution is 2.05. The van der Waals surface area contributed by atoms with Crippen LogP contribution in [0.25, 0.3) is 0 Å². The van der Waals surface area contributed by atoms with E-state index >= 15 is 0 Å². The minimum absolute atomic E-state index is 0.0555. The third-order valence-corrected chi connectivity index (χ3v) is 3.83. The van der Waals surface area contributed by atoms with Crippen LogP contribution in [0, 0.1) is 0 Å². The summed E-state index contributed by atoms with van der Waals surface area (Å²) in [6.07, 6.45) is 0.330. The molecule has 0 aliphatic carbocycles. The Bertz CT molecular complexity index is 691. The Hall–Kier alpha value is -2.70. The zero-order valence-electron chi connectivity index (χ0n) is 14.8. The second kappa shape index (κ2) is 10.3. The first-order valence-corrected chi connectivity index (χ1v) is 8.39. The molecule has 0 bridgehead atoms. The third kappa shape index (κ3) is 6.31. The summed E-state index contributed by atoms with van der Waals surface area (Å²) in [4.78, 5) is 24.2. The Morgan fingerprint density at radius 2 is 1.58 bits per heavy atom. The van der Waals surface area contributed by atoms with E-state index in [1.165, 1.54) is 7.11 Å². The standard InChI is InChI=1S/C20H24N2O4/c1-25-20(24)18(12-15-8-4-2-5-9-15)22-19(23)17(21)14-26-13-16-10-6-3-7-11-16/h2-11,17-18H,12-14,21H2,1H3,(H,22,23)/t17-,18+/m1/s1. The Morgan fingerprint density at radius 3 is 2.15 bits per heavy atom. The monoisotopic (exact) mass is 356 g/mol. The molecule has 138 valence electrons. The number of hydrogen-bond donors (Lipinski definition) is 2. The van der Waals surface area contributed by atoms with Crippen molar-refractivity contribution in [3.8, 4) is 0 Å². The van der Waals surface area contributed by atoms with Crippen molar-refractivity contribution in [3.63, 3.8) is 0 Å². The van der Waals surface area contributed by atoms with Crippen LogP contribution in [0.1, 0.15) is 11.1 Å². The molecule has 2 aromatic rings. The van der Waals surface area contributed by atoms with Gasteiger partial charge in [0.1, 0.15) is 12.1 Å². The van der Waals surface area contributed by atoms with Gasteiger partial charge in [-0.3, -0.25) is 4.79 Å². The van der Waals surface area contributed by atoms with Crippen LogP contribution in [0.2, 0.25) is 0 Å². The average Bonchev–Trinajstić information content (AvgIpc) is 2.68. The van der Waals surface area contributed by atoms with Crippen LogP contribution in [0.4, 0.5) is 0 Å². The normalized spacial score (nSPS) is 12.8. The Morgan fingerprint density at radius 1 is 1.00 bits per heavy atom. The number of carbonyl (C=O) groups is 2. The Kier molecular flexibility index (Phi) is 7.79. The summed E-state index contributed by atoms with van der Waals surface area (Å²) in [6.45, 7) is 0.423. The van der Waals surface area contributed by atoms with Crippen molar-refractivity contribution in [3.05, 3.63) is 71.8 Å². The molecular formula is C20H24N2O4. The Balaban J connectivity index is 1.85. The lowest BCUT2D eigenvalue weighted by molar-refractivity contribution is -0.145. The van der Waals surface area contributed by atoms with Gasteiger partial charge in [0.15, 0.2) is 0 Å². The van der Waals surface area contributed by atoms with Gasteiger partial charge < -0.3 is 20.5 Å². The smallest absolute Gasteiger partial charge is 0.328 e. The predicted molar refractivity (Wildman–Crippen MR) is 98.2 cm³/mol. The molecule has 0 saturated carbocycles. The van der Waals surface area contributed by atoms with Crippen LogP contribution in [0.15, 0.2) is 60.7 Å². The number of carbonyl (C=O) groups excluding carboxylic acids is 2. The second-order valence-electron chi connectivity index (χ2n) is 5.88. The number of nitrogens with two attached hydrogens (primary N) is 1. The van der Waals surface area contributed by atoms with Gasteiger partial charge in [0.2, 0.25) is 5.91 Å². The van der Waals surface area contributed by atoms with Gasteiger partial charge in [0.05, 0.1) is 20.3 Å². The lowest BCUT2D eigenvalue weighted by atomic mass is 10.1. The zero-order valence-corrected chi connectivity index (χ0v) is 14.8. The van der Waals surface area contributed by atoms with E-state index in [9.17, 15) is 9.59 Å². The van der Waals surface area contributed by atoms with E-state index in [1.54, 1.807) is 0 Å². The van der Waals surface area contributed by atoms with Gasteiger partial charge in [-0.2, -0.15) is 0 Å². The molecule has 0 radical (unpaired) electrons. The van der Waals surface area contributed by atoms with E-state index in [1.807, 2.05) is 60.7 Å². The molecule has 26 heavy (non-hydrogen) atoms. The van der Waals surface area contributed by atoms with Gasteiger partial charge in [0.25, 0.3) is 0 Å². The summed E-state index contributed by atoms with van der Waals surface area (Å²) < 4.78 is 10.3. The summed E-state index contributed by atoms with van der Waals surface area (Å²) in [5, 5.41) is 2.65. The van der Waals surface area contributed by atoms with Gasteiger partial charge in [-0.15, -0.1) is 0 Å². The molecule has 0 aliphatic rings. The van der Waals surface area contributed by atoms with Gasteiger partial charge in [-0.05, 0) is 11.1 Å². The van der Waals surface area contributed by atoms with E-state index < -0.39 is 24.0 Å². The van der Waals surface area contributed by atoms with E-state index in [0.29, 0.717) is 13.0 Å². The van der Waals surface area contributed by atoms with E-state index in [0.717, 1.165) is 11.1 Å². The van der Waals surface area contributed by atoms with Crippen LogP contribution < -0.4 is 11.1 Å². The molecule has 0 heterocycles. The maximum absolute atomic E-state index is 12.3. The van der Waals surface area contributed by atoms with Crippen LogP contribution >= 0.6 is 0 Å². The van der Waals surface area contributed by atoms with Crippen molar-refractivity contribution in [2.24, 2.45) is 5.73 Å². The fourth-order valence-corrected chi connectivity index (χ4v) is 2.42. The number of benzene rings is 2. The first kappa shape index (κ1) is 19.6. The topological polar surface area (TPSA) is 90.7 Å². The number of methoxy groups -OCH3 is 1. The van der Waals surface area contributed by atoms with E-state index in [4.69, 9.17) is 15.2 Å². The van der Waals surface area contributed by atoms with Gasteiger partial charge in [-0.1, -0.05) is 60.7 Å². The number of nitrogens with one attached hydrogen (secondary N) is 1. The van der Waals surface area contributed by atoms with Gasteiger partial charge >= 0.3 is 5.97 Å². The minimum Gasteiger partial charge on any atom is -0.467 e. The van der Waals surface area contributed by atoms with Crippen LogP contribution in [0.3, 0.4) is 0 Å². The Labute approximate surface area is 153 Å². The predicted octanol–water partition coefficient (Wildman–Crippen LogP) is 1.43. The highest BCUT2D eigenvalue weighted by atomic mass is 16.5. The first-order valence-electron chi connectivity index (χ1n) is 8.39. The molecule has 0 fully saturated rings. The number of esters is 1. The largest absolute Gasteiger partial charge is 0.467 e. The van der Waals surface area contributed by atoms with Crippen molar-refractivity contribution < 1.29 is 19.1 Å². The maximum Gasteiger partial charge on any atom is 0.328 e. The highest BCUT2D eigenvalue weighted by molar-refractivity contribution is 5.87. The number of hydrogen-bond acceptors (Lipinski definition) is 5. The molecule has 6 heteroatoms. The molecule has 3 N–H and O–H groups in total. The molecule has 6 nitrogen and oxygen atoms in total. The fraction of sp³-hybridized carbons (Fsp3) is 0.300. The van der Waals surface area contributed by atoms with E-state index in [2.05, 4.69) is 5.32 Å². The first-order chi connectivity index (χ1) is 12.6. The fourth-order valence-electron chi connectivity index (χ4n) is 2.42. The molecule has 2 rings (SSSR count). The molecule has 0 aromatic heterocycles. The SMILES string of the molecule is COC(=O)[C@H](Cc1ccccc1)NC(=O)[C@H](N)COCc1ccccc1. The maximum atomic E-state index is 12.3. The number of rotatable bonds is 9. The second-order valence-corrected chi connectivity index (χ2v) is 5.88. The molecular weight excluding hydrogens is 332 g/mol. The van der Waals surface area contributed by atoms with E-state index in [-0.39, 0.29) is 6.61 Å². The lowest BCUT2D eigenvalue weighted by Gasteiger charge is -2.19. The number of ether oxygens (including phenoxy) is 2. The average molecular weight is 356 g/mol. The van der Waals surface area contributed by atoms with Crippen molar-refractivity contribution in [1.82, 2.24) is 5.32 Å². The number of amides is 1. The molecule has 0 spiro atoms. The molecule has 0 aliphatic heterocycles. The van der Waals surface area contributed by atoms with Crippen LogP contribution in [-0.4, -0.2) is 37.7 Å². The van der Waals surface area contributed by atoms with Crippen LogP contribution in [0.5, 0.6) is 0 Å². The lowest BCUT2D eigenvalue weighted by Crippen LogP contribution is -2.51. The van der Waals surface area contributed by atoms with Gasteiger partial charge in [-0.25, -0.2) is 4.79 Å². The summed E-state index contributed by atoms with van der Waals surface area (Å²) in [7, 11) is 1.29. The summed E-state index contributed by atoms with van der Waals surface area (Å²) in [5.41, 5.74) is 7.79. The quantitative estimate of drug-likeness (QED) is 0.664. The third-order valence-electron chi connectivity index (χ3n) is 3.83. The summed E-state index contributed by atoms with van der Waals surface area (Å²) >= 11 is 0. The summed E-state index contributed by atoms with van der Waals surface area (Å²) in [5.74, 6) is -0.969. The van der Waals surface area contributed by atoms with Crippen LogP contribution in [-0.2, 0) is 32.1 Å². The van der Waals surface area contributed by atoms with Crippen molar-refractivity contribution >= 4 is 11.9 Å². The van der Waals surface area contributed by atoms with Crippen molar-refractivity contribution in [2.75, 3.05) is 13.7 Å². The zero-order chi connectivity index (χ0) is 18.8. The van der Waals surface area contributed by atoms with Crippen molar-refractivity contribution in [1.29, 1.82) is 0 Å². The van der Waals surface area contributed by atoms with Gasteiger partial charge in [0, 0.05) is 6.42 Å². The molecule has 2 atom stereocenters. The van der Waals surface area contributed by atoms with Crippen molar-refractivity contribution in [2.45, 2.75) is 25.1 Å². The summed E-state index contributed by atoms with van der Waals surface area (Å²) in [6, 6.07) is 17.3. The molecule has 1 amide bonds.